The normalized spacial score (nSPS) is 11.1. The third kappa shape index (κ3) is 9.97. The minimum atomic E-state index is -0.203. The van der Waals surface area contributed by atoms with Crippen LogP contribution in [0, 0.1) is 12.7 Å². The van der Waals surface area contributed by atoms with E-state index < -0.39 is 0 Å². The summed E-state index contributed by atoms with van der Waals surface area (Å²) >= 11 is 1.71. The summed E-state index contributed by atoms with van der Waals surface area (Å²) in [4.78, 5) is 17.6. The average Bonchev–Trinajstić information content (AvgIpc) is 2.70. The molecule has 1 heterocycles. The lowest BCUT2D eigenvalue weighted by atomic mass is 10.3. The van der Waals surface area contributed by atoms with Gasteiger partial charge in [-0.1, -0.05) is 6.07 Å². The number of benzene rings is 1. The van der Waals surface area contributed by atoms with Crippen LogP contribution in [0.2, 0.25) is 0 Å². The number of nitrogens with zero attached hydrogens (tertiary/aromatic N) is 2. The van der Waals surface area contributed by atoms with Gasteiger partial charge in [-0.3, -0.25) is 9.79 Å². The molecule has 0 aliphatic carbocycles. The molecule has 5 nitrogen and oxygen atoms in total. The van der Waals surface area contributed by atoms with E-state index in [0.29, 0.717) is 0 Å². The summed E-state index contributed by atoms with van der Waals surface area (Å²) in [7, 11) is 0. The van der Waals surface area contributed by atoms with E-state index in [1.54, 1.807) is 36.0 Å². The van der Waals surface area contributed by atoms with E-state index in [1.807, 2.05) is 24.5 Å². The number of thioether (sulfide) groups is 1. The highest BCUT2D eigenvalue weighted by Crippen LogP contribution is 2.18. The predicted octanol–water partition coefficient (Wildman–Crippen LogP) is 4.43. The second-order valence-electron chi connectivity index (χ2n) is 6.71. The molecule has 8 heteroatoms. The number of rotatable bonds is 11. The summed E-state index contributed by atoms with van der Waals surface area (Å²) in [5, 5.41) is 6.61. The highest BCUT2D eigenvalue weighted by molar-refractivity contribution is 14.0. The van der Waals surface area contributed by atoms with Crippen molar-refractivity contribution >= 4 is 41.7 Å². The van der Waals surface area contributed by atoms with Crippen LogP contribution < -0.4 is 16.2 Å². The van der Waals surface area contributed by atoms with Crippen LogP contribution in [0.4, 0.5) is 4.39 Å². The molecule has 0 saturated carbocycles. The van der Waals surface area contributed by atoms with Gasteiger partial charge in [0.05, 0.1) is 0 Å². The van der Waals surface area contributed by atoms with E-state index in [0.717, 1.165) is 67.7 Å². The smallest absolute Gasteiger partial charge is 0.250 e. The quantitative estimate of drug-likeness (QED) is 0.144. The number of unbranched alkanes of at least 4 members (excludes halogenated alkanes) is 1. The second kappa shape index (κ2) is 15.3. The van der Waals surface area contributed by atoms with Crippen molar-refractivity contribution in [1.29, 1.82) is 0 Å². The molecular weight excluding hydrogens is 514 g/mol. The van der Waals surface area contributed by atoms with Gasteiger partial charge in [0, 0.05) is 42.8 Å². The van der Waals surface area contributed by atoms with E-state index >= 15 is 0 Å². The Bertz CT molecular complexity index is 827. The van der Waals surface area contributed by atoms with Crippen molar-refractivity contribution in [3.8, 4) is 0 Å². The molecular formula is C22H32FIN4OS. The Kier molecular flexibility index (Phi) is 13.5. The lowest BCUT2D eigenvalue weighted by Gasteiger charge is -2.12. The summed E-state index contributed by atoms with van der Waals surface area (Å²) in [6.07, 6.45) is 2.85. The highest BCUT2D eigenvalue weighted by atomic mass is 127. The molecule has 0 atom stereocenters. The molecule has 30 heavy (non-hydrogen) atoms. The van der Waals surface area contributed by atoms with Crippen molar-refractivity contribution in [2.45, 2.75) is 44.6 Å². The second-order valence-corrected chi connectivity index (χ2v) is 7.88. The molecule has 0 fully saturated rings. The van der Waals surface area contributed by atoms with E-state index in [9.17, 15) is 9.18 Å². The molecule has 0 bridgehead atoms. The summed E-state index contributed by atoms with van der Waals surface area (Å²) < 4.78 is 14.7. The predicted molar refractivity (Wildman–Crippen MR) is 136 cm³/mol. The number of aromatic nitrogens is 1. The van der Waals surface area contributed by atoms with Gasteiger partial charge >= 0.3 is 0 Å². The Balaban J connectivity index is 0.00000450. The number of pyridine rings is 1. The number of nitrogens with one attached hydrogen (secondary N) is 2. The first-order valence-corrected chi connectivity index (χ1v) is 11.2. The standard InChI is InChI=1S/C22H31FN4OS.HI/c1-3-24-22(26-15-7-17-29-20-12-10-19(23)11-13-20)25-14-4-5-16-27-18(2)8-6-9-21(27)28;/h6,8-13H,3-5,7,14-17H2,1-2H3,(H2,24,25,26);1H. The fourth-order valence-electron chi connectivity index (χ4n) is 2.83. The molecule has 0 saturated heterocycles. The van der Waals surface area contributed by atoms with Gasteiger partial charge in [0.25, 0.3) is 5.56 Å². The maximum absolute atomic E-state index is 12.9. The number of halogens is 2. The zero-order valence-corrected chi connectivity index (χ0v) is 20.8. The van der Waals surface area contributed by atoms with Crippen molar-refractivity contribution in [3.05, 3.63) is 64.3 Å². The lowest BCUT2D eigenvalue weighted by Crippen LogP contribution is -2.38. The van der Waals surface area contributed by atoms with Gasteiger partial charge in [0.15, 0.2) is 5.96 Å². The van der Waals surface area contributed by atoms with Gasteiger partial charge in [-0.05, 0) is 69.2 Å². The van der Waals surface area contributed by atoms with Crippen LogP contribution in [0.1, 0.15) is 31.9 Å². The van der Waals surface area contributed by atoms with Gasteiger partial charge in [0.2, 0.25) is 0 Å². The number of hydrogen-bond acceptors (Lipinski definition) is 3. The minimum Gasteiger partial charge on any atom is -0.357 e. The Hall–Kier alpha value is -1.55. The van der Waals surface area contributed by atoms with Gasteiger partial charge < -0.3 is 15.2 Å². The van der Waals surface area contributed by atoms with Crippen LogP contribution in [-0.2, 0) is 6.54 Å². The maximum Gasteiger partial charge on any atom is 0.250 e. The van der Waals surface area contributed by atoms with Gasteiger partial charge in [0.1, 0.15) is 5.82 Å². The molecule has 0 amide bonds. The van der Waals surface area contributed by atoms with E-state index in [-0.39, 0.29) is 35.4 Å². The van der Waals surface area contributed by atoms with Crippen molar-refractivity contribution in [3.63, 3.8) is 0 Å². The molecule has 0 spiro atoms. The van der Waals surface area contributed by atoms with Gasteiger partial charge in [-0.2, -0.15) is 0 Å². The van der Waals surface area contributed by atoms with Crippen molar-refractivity contribution in [1.82, 2.24) is 15.2 Å². The minimum absolute atomic E-state index is 0. The molecule has 1 aromatic heterocycles. The molecule has 2 rings (SSSR count). The third-order valence-corrected chi connectivity index (χ3v) is 5.47. The molecule has 0 unspecified atom stereocenters. The van der Waals surface area contributed by atoms with Crippen molar-refractivity contribution in [2.75, 3.05) is 25.4 Å². The average molecular weight is 546 g/mol. The van der Waals surface area contributed by atoms with Gasteiger partial charge in [-0.15, -0.1) is 35.7 Å². The number of hydrogen-bond donors (Lipinski definition) is 2. The van der Waals surface area contributed by atoms with Crippen LogP contribution in [0.15, 0.2) is 57.1 Å². The number of aryl methyl sites for hydroxylation is 1. The van der Waals surface area contributed by atoms with Crippen LogP contribution >= 0.6 is 35.7 Å². The largest absolute Gasteiger partial charge is 0.357 e. The summed E-state index contributed by atoms with van der Waals surface area (Å²) in [5.74, 6) is 1.57. The maximum atomic E-state index is 12.9. The molecule has 0 aliphatic rings. The molecule has 1 aromatic carbocycles. The SMILES string of the molecule is CCNC(=NCCCSc1ccc(F)cc1)NCCCCn1c(C)cccc1=O.I. The fraction of sp³-hybridized carbons (Fsp3) is 0.455. The summed E-state index contributed by atoms with van der Waals surface area (Å²) in [5.41, 5.74) is 1.06. The molecule has 2 N–H and O–H groups in total. The Morgan fingerprint density at radius 1 is 1.10 bits per heavy atom. The van der Waals surface area contributed by atoms with E-state index in [1.165, 1.54) is 12.1 Å². The van der Waals surface area contributed by atoms with Crippen LogP contribution in [0.3, 0.4) is 0 Å². The lowest BCUT2D eigenvalue weighted by molar-refractivity contribution is 0.575. The highest BCUT2D eigenvalue weighted by Gasteiger charge is 2.01. The topological polar surface area (TPSA) is 58.4 Å². The number of aliphatic imine (C=N–C) groups is 1. The van der Waals surface area contributed by atoms with Crippen LogP contribution in [0.5, 0.6) is 0 Å². The molecule has 166 valence electrons. The summed E-state index contributed by atoms with van der Waals surface area (Å²) in [6, 6.07) is 12.0. The van der Waals surface area contributed by atoms with Crippen LogP contribution in [0.25, 0.3) is 0 Å². The van der Waals surface area contributed by atoms with E-state index in [2.05, 4.69) is 15.6 Å². The summed E-state index contributed by atoms with van der Waals surface area (Å²) in [6.45, 7) is 7.12. The molecule has 0 aliphatic heterocycles. The Morgan fingerprint density at radius 2 is 1.87 bits per heavy atom. The Labute approximate surface area is 200 Å². The Morgan fingerprint density at radius 3 is 2.57 bits per heavy atom. The monoisotopic (exact) mass is 546 g/mol. The van der Waals surface area contributed by atoms with Crippen LogP contribution in [-0.4, -0.2) is 35.9 Å². The number of guanidine groups is 1. The molecule has 2 aromatic rings. The van der Waals surface area contributed by atoms with Gasteiger partial charge in [-0.25, -0.2) is 4.39 Å². The molecule has 0 radical (unpaired) electrons. The van der Waals surface area contributed by atoms with Crippen molar-refractivity contribution in [2.24, 2.45) is 4.99 Å². The van der Waals surface area contributed by atoms with E-state index in [4.69, 9.17) is 0 Å². The fourth-order valence-corrected chi connectivity index (χ4v) is 3.67. The van der Waals surface area contributed by atoms with Crippen molar-refractivity contribution < 1.29 is 4.39 Å². The zero-order chi connectivity index (χ0) is 20.9. The first-order chi connectivity index (χ1) is 14.1. The zero-order valence-electron chi connectivity index (χ0n) is 17.7. The first kappa shape index (κ1) is 26.5. The first-order valence-electron chi connectivity index (χ1n) is 10.2. The third-order valence-electron chi connectivity index (χ3n) is 4.37.